The first-order valence-electron chi connectivity index (χ1n) is 11.7. The Labute approximate surface area is 189 Å². The molecule has 166 valence electrons. The van der Waals surface area contributed by atoms with E-state index >= 15 is 0 Å². The predicted molar refractivity (Wildman–Crippen MR) is 122 cm³/mol. The second kappa shape index (κ2) is 8.19. The standard InChI is InChI=1S/C27H30N2O3/c1-19-8-5-6-13-23(19)27(15-24(30)28-18-21-11-7-12-22(28)14-21)16-25(31)29(26(27)32)17-20-9-3-2-4-10-20/h2-6,8-10,13,21-22H,7,11-12,14-18H2,1H3/t21-,22+,27-/m0/s1. The summed E-state index contributed by atoms with van der Waals surface area (Å²) in [4.78, 5) is 44.0. The second-order valence-corrected chi connectivity index (χ2v) is 9.75. The van der Waals surface area contributed by atoms with E-state index < -0.39 is 5.41 Å². The van der Waals surface area contributed by atoms with Gasteiger partial charge in [-0.05, 0) is 48.8 Å². The molecule has 1 saturated carbocycles. The van der Waals surface area contributed by atoms with Crippen molar-refractivity contribution in [3.8, 4) is 0 Å². The van der Waals surface area contributed by atoms with Gasteiger partial charge in [0.15, 0.2) is 0 Å². The molecule has 2 aromatic carbocycles. The zero-order valence-corrected chi connectivity index (χ0v) is 18.6. The van der Waals surface area contributed by atoms with E-state index in [4.69, 9.17) is 0 Å². The van der Waals surface area contributed by atoms with Gasteiger partial charge in [0.1, 0.15) is 0 Å². The van der Waals surface area contributed by atoms with E-state index in [2.05, 4.69) is 0 Å². The van der Waals surface area contributed by atoms with Crippen molar-refractivity contribution in [1.82, 2.24) is 9.80 Å². The number of carbonyl (C=O) groups is 3. The molecule has 0 aromatic heterocycles. The molecule has 2 aromatic rings. The molecule has 3 fully saturated rings. The smallest absolute Gasteiger partial charge is 0.241 e. The summed E-state index contributed by atoms with van der Waals surface area (Å²) in [6, 6.07) is 17.6. The van der Waals surface area contributed by atoms with Gasteiger partial charge < -0.3 is 4.90 Å². The average molecular weight is 431 g/mol. The van der Waals surface area contributed by atoms with Crippen LogP contribution in [0.4, 0.5) is 0 Å². The Morgan fingerprint density at radius 2 is 1.78 bits per heavy atom. The molecular formula is C27H30N2O3. The zero-order chi connectivity index (χ0) is 22.3. The minimum atomic E-state index is -1.12. The highest BCUT2D eigenvalue weighted by Crippen LogP contribution is 2.44. The summed E-state index contributed by atoms with van der Waals surface area (Å²) in [5.41, 5.74) is 1.55. The molecule has 1 aliphatic carbocycles. The molecule has 0 spiro atoms. The van der Waals surface area contributed by atoms with E-state index in [0.29, 0.717) is 12.0 Å². The number of benzene rings is 2. The number of hydrogen-bond acceptors (Lipinski definition) is 3. The SMILES string of the molecule is Cc1ccccc1[C@]1(CC(=O)N2C[C@H]3CCC[C@@H]2C3)CC(=O)N(Cc2ccccc2)C1=O. The van der Waals surface area contributed by atoms with Gasteiger partial charge >= 0.3 is 0 Å². The Morgan fingerprint density at radius 3 is 2.53 bits per heavy atom. The fourth-order valence-corrected chi connectivity index (χ4v) is 6.08. The minimum Gasteiger partial charge on any atom is -0.339 e. The molecule has 5 nitrogen and oxygen atoms in total. The molecule has 32 heavy (non-hydrogen) atoms. The predicted octanol–water partition coefficient (Wildman–Crippen LogP) is 3.98. The molecule has 5 heteroatoms. The van der Waals surface area contributed by atoms with Crippen molar-refractivity contribution in [2.24, 2.45) is 5.92 Å². The van der Waals surface area contributed by atoms with Crippen molar-refractivity contribution >= 4 is 17.7 Å². The van der Waals surface area contributed by atoms with Crippen molar-refractivity contribution in [2.75, 3.05) is 6.54 Å². The maximum absolute atomic E-state index is 13.9. The van der Waals surface area contributed by atoms with Crippen LogP contribution >= 0.6 is 0 Å². The molecule has 2 aliphatic heterocycles. The summed E-state index contributed by atoms with van der Waals surface area (Å²) in [6.07, 6.45) is 4.60. The van der Waals surface area contributed by atoms with Gasteiger partial charge in [-0.3, -0.25) is 19.3 Å². The first-order chi connectivity index (χ1) is 15.5. The Morgan fingerprint density at radius 1 is 1.03 bits per heavy atom. The maximum atomic E-state index is 13.9. The topological polar surface area (TPSA) is 57.7 Å². The molecule has 3 amide bonds. The van der Waals surface area contributed by atoms with Gasteiger partial charge in [0.25, 0.3) is 0 Å². The third-order valence-electron chi connectivity index (χ3n) is 7.68. The normalized spacial score (nSPS) is 27.3. The highest BCUT2D eigenvalue weighted by atomic mass is 16.2. The highest BCUT2D eigenvalue weighted by Gasteiger charge is 2.55. The van der Waals surface area contributed by atoms with Crippen molar-refractivity contribution in [2.45, 2.75) is 63.5 Å². The van der Waals surface area contributed by atoms with Crippen LogP contribution in [0.15, 0.2) is 54.6 Å². The lowest BCUT2D eigenvalue weighted by molar-refractivity contribution is -0.143. The monoisotopic (exact) mass is 430 g/mol. The van der Waals surface area contributed by atoms with E-state index in [1.807, 2.05) is 66.4 Å². The van der Waals surface area contributed by atoms with Crippen LogP contribution in [0.2, 0.25) is 0 Å². The van der Waals surface area contributed by atoms with E-state index in [-0.39, 0.29) is 37.1 Å². The first-order valence-corrected chi connectivity index (χ1v) is 11.7. The molecule has 0 N–H and O–H groups in total. The molecule has 0 radical (unpaired) electrons. The highest BCUT2D eigenvalue weighted by molar-refractivity contribution is 6.10. The first kappa shape index (κ1) is 20.9. The summed E-state index contributed by atoms with van der Waals surface area (Å²) in [5, 5.41) is 0. The van der Waals surface area contributed by atoms with Gasteiger partial charge in [-0.1, -0.05) is 61.0 Å². The van der Waals surface area contributed by atoms with Crippen LogP contribution in [0.5, 0.6) is 0 Å². The van der Waals surface area contributed by atoms with Crippen LogP contribution in [0.1, 0.15) is 55.2 Å². The summed E-state index contributed by atoms with van der Waals surface area (Å²) < 4.78 is 0. The lowest BCUT2D eigenvalue weighted by Crippen LogP contribution is -2.44. The second-order valence-electron chi connectivity index (χ2n) is 9.75. The summed E-state index contributed by atoms with van der Waals surface area (Å²) in [6.45, 7) is 3.00. The minimum absolute atomic E-state index is 0.0189. The Kier molecular flexibility index (Phi) is 5.36. The number of hydrogen-bond donors (Lipinski definition) is 0. The van der Waals surface area contributed by atoms with Crippen LogP contribution in [0.3, 0.4) is 0 Å². The number of aryl methyl sites for hydroxylation is 1. The van der Waals surface area contributed by atoms with E-state index in [0.717, 1.165) is 36.1 Å². The Balaban J connectivity index is 1.49. The number of imide groups is 1. The number of fused-ring (bicyclic) bond motifs is 2. The molecule has 2 saturated heterocycles. The van der Waals surface area contributed by atoms with Gasteiger partial charge in [0, 0.05) is 25.4 Å². The molecule has 3 aliphatic rings. The third kappa shape index (κ3) is 3.54. The number of likely N-dealkylation sites (tertiary alicyclic amines) is 2. The molecule has 3 atom stereocenters. The Bertz CT molecular complexity index is 1050. The maximum Gasteiger partial charge on any atom is 0.241 e. The van der Waals surface area contributed by atoms with Crippen LogP contribution in [0, 0.1) is 12.8 Å². The number of rotatable bonds is 5. The molecule has 0 unspecified atom stereocenters. The van der Waals surface area contributed by atoms with Gasteiger partial charge in [-0.15, -0.1) is 0 Å². The van der Waals surface area contributed by atoms with Crippen LogP contribution in [-0.4, -0.2) is 40.1 Å². The van der Waals surface area contributed by atoms with Crippen molar-refractivity contribution in [3.63, 3.8) is 0 Å². The lowest BCUT2D eigenvalue weighted by atomic mass is 9.74. The van der Waals surface area contributed by atoms with Crippen molar-refractivity contribution in [3.05, 3.63) is 71.3 Å². The van der Waals surface area contributed by atoms with E-state index in [1.54, 1.807) is 0 Å². The quantitative estimate of drug-likeness (QED) is 0.674. The largest absolute Gasteiger partial charge is 0.339 e. The fourth-order valence-electron chi connectivity index (χ4n) is 6.08. The molecule has 5 rings (SSSR count). The molecule has 2 heterocycles. The third-order valence-corrected chi connectivity index (χ3v) is 7.68. The number of amides is 3. The van der Waals surface area contributed by atoms with Crippen molar-refractivity contribution < 1.29 is 14.4 Å². The lowest BCUT2D eigenvalue weighted by Gasteiger charge is -2.32. The van der Waals surface area contributed by atoms with E-state index in [9.17, 15) is 14.4 Å². The Hall–Kier alpha value is -2.95. The molecule has 2 bridgehead atoms. The molecular weight excluding hydrogens is 400 g/mol. The summed E-state index contributed by atoms with van der Waals surface area (Å²) in [5.74, 6) is 0.166. The van der Waals surface area contributed by atoms with Gasteiger partial charge in [0.2, 0.25) is 17.7 Å². The van der Waals surface area contributed by atoms with E-state index in [1.165, 1.54) is 17.7 Å². The van der Waals surface area contributed by atoms with Crippen molar-refractivity contribution in [1.29, 1.82) is 0 Å². The van der Waals surface area contributed by atoms with Gasteiger partial charge in [-0.25, -0.2) is 0 Å². The summed E-state index contributed by atoms with van der Waals surface area (Å²) >= 11 is 0. The zero-order valence-electron chi connectivity index (χ0n) is 18.6. The van der Waals surface area contributed by atoms with Crippen LogP contribution in [-0.2, 0) is 26.3 Å². The summed E-state index contributed by atoms with van der Waals surface area (Å²) in [7, 11) is 0. The van der Waals surface area contributed by atoms with Crippen LogP contribution < -0.4 is 0 Å². The number of carbonyl (C=O) groups excluding carboxylic acids is 3. The fraction of sp³-hybridized carbons (Fsp3) is 0.444. The van der Waals surface area contributed by atoms with Crippen LogP contribution in [0.25, 0.3) is 0 Å². The van der Waals surface area contributed by atoms with Gasteiger partial charge in [-0.2, -0.15) is 0 Å². The average Bonchev–Trinajstić information content (AvgIpc) is 3.22. The number of nitrogens with zero attached hydrogens (tertiary/aromatic N) is 2. The van der Waals surface area contributed by atoms with Gasteiger partial charge in [0.05, 0.1) is 12.0 Å².